The number of rotatable bonds is 7. The van der Waals surface area contributed by atoms with E-state index in [-0.39, 0.29) is 30.8 Å². The van der Waals surface area contributed by atoms with E-state index in [4.69, 9.17) is 10.5 Å². The largest absolute Gasteiger partial charge is 0.484 e. The number of hydrogen-bond acceptors (Lipinski definition) is 4. The van der Waals surface area contributed by atoms with Gasteiger partial charge in [-0.25, -0.2) is 0 Å². The minimum Gasteiger partial charge on any atom is -0.484 e. The first-order chi connectivity index (χ1) is 10.2. The molecule has 1 aromatic carbocycles. The number of amides is 2. The van der Waals surface area contributed by atoms with Gasteiger partial charge in [-0.2, -0.15) is 0 Å². The van der Waals surface area contributed by atoms with Crippen molar-refractivity contribution >= 4 is 29.9 Å². The van der Waals surface area contributed by atoms with E-state index in [2.05, 4.69) is 5.32 Å². The minimum atomic E-state index is -0.175. The van der Waals surface area contributed by atoms with Crippen LogP contribution in [0, 0.1) is 0 Å². The third kappa shape index (κ3) is 5.20. The molecule has 0 atom stereocenters. The highest BCUT2D eigenvalue weighted by Gasteiger charge is 2.21. The van der Waals surface area contributed by atoms with Crippen molar-refractivity contribution in [2.75, 3.05) is 31.1 Å². The summed E-state index contributed by atoms with van der Waals surface area (Å²) >= 11 is 0. The number of ether oxygens (including phenoxy) is 1. The monoisotopic (exact) mass is 327 g/mol. The number of halogens is 1. The van der Waals surface area contributed by atoms with Crippen LogP contribution in [0.3, 0.4) is 0 Å². The Morgan fingerprint density at radius 2 is 2.23 bits per heavy atom. The number of anilines is 1. The number of nitrogens with zero attached hydrogens (tertiary/aromatic N) is 1. The molecule has 0 unspecified atom stereocenters. The molecule has 0 saturated carbocycles. The van der Waals surface area contributed by atoms with Crippen LogP contribution < -0.4 is 20.7 Å². The standard InChI is InChI=1S/C15H21N3O3.ClH/c16-7-3-8-17-14(19)11-21-13-5-1-4-12(10-13)18-9-2-6-15(18)20;/h1,4-5,10H,2-3,6-9,11,16H2,(H,17,19);1H. The lowest BCUT2D eigenvalue weighted by Crippen LogP contribution is -2.30. The first kappa shape index (κ1) is 18.3. The first-order valence-electron chi connectivity index (χ1n) is 7.20. The highest BCUT2D eigenvalue weighted by Crippen LogP contribution is 2.25. The van der Waals surface area contributed by atoms with Gasteiger partial charge in [-0.15, -0.1) is 12.4 Å². The number of hydrogen-bond donors (Lipinski definition) is 2. The summed E-state index contributed by atoms with van der Waals surface area (Å²) in [5.74, 6) is 0.541. The van der Waals surface area contributed by atoms with Crippen molar-refractivity contribution in [3.8, 4) is 5.75 Å². The molecule has 0 radical (unpaired) electrons. The lowest BCUT2D eigenvalue weighted by atomic mass is 10.3. The molecule has 22 heavy (non-hydrogen) atoms. The molecule has 1 saturated heterocycles. The van der Waals surface area contributed by atoms with Crippen LogP contribution in [0.4, 0.5) is 5.69 Å². The summed E-state index contributed by atoms with van der Waals surface area (Å²) in [6, 6.07) is 7.26. The van der Waals surface area contributed by atoms with Crippen molar-refractivity contribution in [1.82, 2.24) is 5.32 Å². The molecule has 0 aromatic heterocycles. The first-order valence-corrected chi connectivity index (χ1v) is 7.20. The molecule has 1 aromatic rings. The zero-order valence-corrected chi connectivity index (χ0v) is 13.2. The van der Waals surface area contributed by atoms with Crippen LogP contribution in [0.5, 0.6) is 5.75 Å². The van der Waals surface area contributed by atoms with Gasteiger partial charge in [-0.3, -0.25) is 9.59 Å². The highest BCUT2D eigenvalue weighted by molar-refractivity contribution is 5.95. The van der Waals surface area contributed by atoms with Crippen molar-refractivity contribution in [2.24, 2.45) is 5.73 Å². The lowest BCUT2D eigenvalue weighted by Gasteiger charge is -2.16. The van der Waals surface area contributed by atoms with Crippen molar-refractivity contribution < 1.29 is 14.3 Å². The third-order valence-electron chi connectivity index (χ3n) is 3.28. The second-order valence-electron chi connectivity index (χ2n) is 4.93. The number of carbonyl (C=O) groups is 2. The Balaban J connectivity index is 0.00000242. The Labute approximate surface area is 136 Å². The van der Waals surface area contributed by atoms with E-state index in [1.165, 1.54) is 0 Å². The van der Waals surface area contributed by atoms with Gasteiger partial charge >= 0.3 is 0 Å². The van der Waals surface area contributed by atoms with Crippen molar-refractivity contribution in [3.05, 3.63) is 24.3 Å². The molecule has 0 bridgehead atoms. The maximum absolute atomic E-state index is 11.7. The molecular weight excluding hydrogens is 306 g/mol. The topological polar surface area (TPSA) is 84.7 Å². The van der Waals surface area contributed by atoms with Crippen molar-refractivity contribution in [2.45, 2.75) is 19.3 Å². The predicted octanol–water partition coefficient (Wildman–Crippen LogP) is 1.08. The van der Waals surface area contributed by atoms with Gasteiger partial charge in [0.05, 0.1) is 0 Å². The SMILES string of the molecule is Cl.NCCCNC(=O)COc1cccc(N2CCCC2=O)c1. The summed E-state index contributed by atoms with van der Waals surface area (Å²) in [6.45, 7) is 1.80. The third-order valence-corrected chi connectivity index (χ3v) is 3.28. The second-order valence-corrected chi connectivity index (χ2v) is 4.93. The zero-order chi connectivity index (χ0) is 15.1. The Kier molecular flexibility index (Phi) is 7.70. The van der Waals surface area contributed by atoms with Crippen molar-refractivity contribution in [1.29, 1.82) is 0 Å². The maximum Gasteiger partial charge on any atom is 0.257 e. The Morgan fingerprint density at radius 1 is 1.41 bits per heavy atom. The highest BCUT2D eigenvalue weighted by atomic mass is 35.5. The molecule has 6 nitrogen and oxygen atoms in total. The van der Waals surface area contributed by atoms with Crippen LogP contribution >= 0.6 is 12.4 Å². The van der Waals surface area contributed by atoms with E-state index in [1.54, 1.807) is 17.0 Å². The molecule has 122 valence electrons. The van der Waals surface area contributed by atoms with Crippen LogP contribution in [0.25, 0.3) is 0 Å². The number of nitrogens with two attached hydrogens (primary N) is 1. The van der Waals surface area contributed by atoms with Gasteiger partial charge in [-0.05, 0) is 31.5 Å². The normalized spacial score (nSPS) is 13.7. The van der Waals surface area contributed by atoms with E-state index in [9.17, 15) is 9.59 Å². The van der Waals surface area contributed by atoms with Crippen molar-refractivity contribution in [3.63, 3.8) is 0 Å². The van der Waals surface area contributed by atoms with E-state index < -0.39 is 0 Å². The van der Waals surface area contributed by atoms with Gasteiger partial charge in [0.2, 0.25) is 5.91 Å². The molecule has 2 rings (SSSR count). The molecule has 0 spiro atoms. The molecular formula is C15H22ClN3O3. The summed E-state index contributed by atoms with van der Waals surface area (Å²) in [4.78, 5) is 25.0. The number of carbonyl (C=O) groups excluding carboxylic acids is 2. The van der Waals surface area contributed by atoms with Gasteiger partial charge in [0, 0.05) is 31.3 Å². The van der Waals surface area contributed by atoms with Gasteiger partial charge < -0.3 is 20.7 Å². The van der Waals surface area contributed by atoms with E-state index in [0.717, 1.165) is 25.1 Å². The van der Waals surface area contributed by atoms with E-state index in [1.807, 2.05) is 12.1 Å². The molecule has 1 fully saturated rings. The van der Waals surface area contributed by atoms with Crippen LogP contribution in [-0.4, -0.2) is 38.1 Å². The van der Waals surface area contributed by atoms with Crippen LogP contribution in [0.15, 0.2) is 24.3 Å². The number of nitrogens with one attached hydrogen (secondary N) is 1. The molecule has 0 aliphatic carbocycles. The van der Waals surface area contributed by atoms with E-state index >= 15 is 0 Å². The maximum atomic E-state index is 11.7. The summed E-state index contributed by atoms with van der Waals surface area (Å²) in [5.41, 5.74) is 6.17. The Bertz CT molecular complexity index is 511. The number of benzene rings is 1. The molecule has 1 aliphatic rings. The Morgan fingerprint density at radius 3 is 2.91 bits per heavy atom. The summed E-state index contributed by atoms with van der Waals surface area (Å²) in [5, 5.41) is 2.72. The smallest absolute Gasteiger partial charge is 0.257 e. The molecule has 2 amide bonds. The quantitative estimate of drug-likeness (QED) is 0.734. The fraction of sp³-hybridized carbons (Fsp3) is 0.467. The summed E-state index contributed by atoms with van der Waals surface area (Å²) in [6.07, 6.45) is 2.22. The van der Waals surface area contributed by atoms with E-state index in [0.29, 0.717) is 25.3 Å². The van der Waals surface area contributed by atoms with Gasteiger partial charge in [0.1, 0.15) is 5.75 Å². The Hall–Kier alpha value is -1.79. The molecule has 1 heterocycles. The molecule has 3 N–H and O–H groups in total. The zero-order valence-electron chi connectivity index (χ0n) is 12.4. The van der Waals surface area contributed by atoms with Crippen LogP contribution in [0.1, 0.15) is 19.3 Å². The average molecular weight is 328 g/mol. The summed E-state index contributed by atoms with van der Waals surface area (Å²) < 4.78 is 5.45. The molecule has 1 aliphatic heterocycles. The van der Waals surface area contributed by atoms with Crippen LogP contribution in [0.2, 0.25) is 0 Å². The molecule has 7 heteroatoms. The second kappa shape index (κ2) is 9.27. The van der Waals surface area contributed by atoms with Crippen LogP contribution in [-0.2, 0) is 9.59 Å². The fourth-order valence-corrected chi connectivity index (χ4v) is 2.19. The van der Waals surface area contributed by atoms with Gasteiger partial charge in [0.15, 0.2) is 6.61 Å². The summed E-state index contributed by atoms with van der Waals surface area (Å²) in [7, 11) is 0. The lowest BCUT2D eigenvalue weighted by molar-refractivity contribution is -0.123. The fourth-order valence-electron chi connectivity index (χ4n) is 2.19. The minimum absolute atomic E-state index is 0. The van der Waals surface area contributed by atoms with Gasteiger partial charge in [0.25, 0.3) is 5.91 Å². The average Bonchev–Trinajstić information content (AvgIpc) is 2.92. The van der Waals surface area contributed by atoms with Gasteiger partial charge in [-0.1, -0.05) is 6.07 Å². The predicted molar refractivity (Wildman–Crippen MR) is 87.5 cm³/mol.